The highest BCUT2D eigenvalue weighted by atomic mass is 79.9. The zero-order valence-corrected chi connectivity index (χ0v) is 9.91. The molecule has 1 aromatic carbocycles. The normalized spacial score (nSPS) is 11.3. The van der Waals surface area contributed by atoms with Crippen molar-refractivity contribution >= 4 is 27.6 Å². The van der Waals surface area contributed by atoms with Gasteiger partial charge >= 0.3 is 5.97 Å². The van der Waals surface area contributed by atoms with Crippen LogP contribution in [0.3, 0.4) is 0 Å². The summed E-state index contributed by atoms with van der Waals surface area (Å²) < 4.78 is 5.26. The fourth-order valence-electron chi connectivity index (χ4n) is 1.07. The number of rotatable bonds is 2. The van der Waals surface area contributed by atoms with Crippen LogP contribution in [0.1, 0.15) is 22.8 Å². The second kappa shape index (κ2) is 4.93. The standard InChI is InChI=1S/C10H10BrNO3/c1-6(12-14)7-3-4-9(11)8(5-7)10(13)15-2/h3-5,14H,1-2H3. The molecule has 0 saturated heterocycles. The minimum atomic E-state index is -0.436. The van der Waals surface area contributed by atoms with Crippen LogP contribution >= 0.6 is 15.9 Å². The van der Waals surface area contributed by atoms with Gasteiger partial charge in [0.2, 0.25) is 0 Å². The molecule has 0 heterocycles. The number of esters is 1. The van der Waals surface area contributed by atoms with Crippen LogP contribution in [0.2, 0.25) is 0 Å². The maximum atomic E-state index is 11.3. The average molecular weight is 272 g/mol. The molecular weight excluding hydrogens is 262 g/mol. The largest absolute Gasteiger partial charge is 0.465 e. The first-order valence-corrected chi connectivity index (χ1v) is 4.96. The molecule has 15 heavy (non-hydrogen) atoms. The van der Waals surface area contributed by atoms with Crippen LogP contribution in [-0.2, 0) is 4.74 Å². The maximum Gasteiger partial charge on any atom is 0.339 e. The van der Waals surface area contributed by atoms with Crippen LogP contribution in [0, 0.1) is 0 Å². The summed E-state index contributed by atoms with van der Waals surface area (Å²) in [5.41, 5.74) is 1.51. The molecule has 0 aliphatic rings. The summed E-state index contributed by atoms with van der Waals surface area (Å²) in [5, 5.41) is 11.7. The van der Waals surface area contributed by atoms with Gasteiger partial charge in [0.15, 0.2) is 0 Å². The zero-order valence-electron chi connectivity index (χ0n) is 8.32. The molecule has 0 spiro atoms. The molecule has 0 bridgehead atoms. The lowest BCUT2D eigenvalue weighted by Crippen LogP contribution is -2.05. The van der Waals surface area contributed by atoms with Crippen molar-refractivity contribution in [3.63, 3.8) is 0 Å². The van der Waals surface area contributed by atoms with Crippen molar-refractivity contribution in [3.05, 3.63) is 33.8 Å². The first-order chi connectivity index (χ1) is 7.10. The summed E-state index contributed by atoms with van der Waals surface area (Å²) in [7, 11) is 1.31. The van der Waals surface area contributed by atoms with Crippen LogP contribution in [0.4, 0.5) is 0 Å². The number of carbonyl (C=O) groups is 1. The Balaban J connectivity index is 3.22. The first kappa shape index (κ1) is 11.7. The minimum absolute atomic E-state index is 0.401. The van der Waals surface area contributed by atoms with Crippen LogP contribution in [0.25, 0.3) is 0 Å². The van der Waals surface area contributed by atoms with E-state index in [9.17, 15) is 4.79 Å². The molecule has 1 N–H and O–H groups in total. The predicted octanol–water partition coefficient (Wildman–Crippen LogP) is 2.43. The van der Waals surface area contributed by atoms with E-state index in [0.717, 1.165) is 0 Å². The van der Waals surface area contributed by atoms with E-state index in [1.165, 1.54) is 7.11 Å². The third kappa shape index (κ3) is 2.56. The van der Waals surface area contributed by atoms with Crippen LogP contribution < -0.4 is 0 Å². The van der Waals surface area contributed by atoms with Gasteiger partial charge in [-0.25, -0.2) is 4.79 Å². The van der Waals surface area contributed by atoms with Gasteiger partial charge in [-0.15, -0.1) is 0 Å². The van der Waals surface area contributed by atoms with E-state index in [4.69, 9.17) is 5.21 Å². The average Bonchev–Trinajstić information content (AvgIpc) is 2.27. The Kier molecular flexibility index (Phi) is 3.85. The molecule has 0 fully saturated rings. The number of nitrogens with zero attached hydrogens (tertiary/aromatic N) is 1. The highest BCUT2D eigenvalue weighted by Gasteiger charge is 2.11. The molecule has 0 unspecified atom stereocenters. The minimum Gasteiger partial charge on any atom is -0.465 e. The van der Waals surface area contributed by atoms with Gasteiger partial charge in [0.1, 0.15) is 0 Å². The number of carbonyl (C=O) groups excluding carboxylic acids is 1. The van der Waals surface area contributed by atoms with Crippen molar-refractivity contribution in [1.29, 1.82) is 0 Å². The number of hydrogen-bond donors (Lipinski definition) is 1. The summed E-state index contributed by atoms with van der Waals surface area (Å²) in [5.74, 6) is -0.436. The molecular formula is C10H10BrNO3. The fourth-order valence-corrected chi connectivity index (χ4v) is 1.48. The Morgan fingerprint density at radius 3 is 2.73 bits per heavy atom. The molecule has 0 amide bonds. The highest BCUT2D eigenvalue weighted by molar-refractivity contribution is 9.10. The Hall–Kier alpha value is -1.36. The lowest BCUT2D eigenvalue weighted by molar-refractivity contribution is 0.0599. The van der Waals surface area contributed by atoms with Crippen molar-refractivity contribution < 1.29 is 14.7 Å². The molecule has 5 heteroatoms. The van der Waals surface area contributed by atoms with E-state index in [0.29, 0.717) is 21.3 Å². The molecule has 80 valence electrons. The van der Waals surface area contributed by atoms with Gasteiger partial charge in [-0.05, 0) is 40.5 Å². The fraction of sp³-hybridized carbons (Fsp3) is 0.200. The molecule has 0 atom stereocenters. The number of ether oxygens (including phenoxy) is 1. The van der Waals surface area contributed by atoms with Crippen LogP contribution in [0.15, 0.2) is 27.8 Å². The van der Waals surface area contributed by atoms with Crippen molar-refractivity contribution in [2.75, 3.05) is 7.11 Å². The maximum absolute atomic E-state index is 11.3. The Morgan fingerprint density at radius 2 is 2.20 bits per heavy atom. The Morgan fingerprint density at radius 1 is 1.53 bits per heavy atom. The predicted molar refractivity (Wildman–Crippen MR) is 59.5 cm³/mol. The third-order valence-corrected chi connectivity index (χ3v) is 2.63. The van der Waals surface area contributed by atoms with E-state index in [2.05, 4.69) is 25.8 Å². The zero-order chi connectivity index (χ0) is 11.4. The number of hydrogen-bond acceptors (Lipinski definition) is 4. The summed E-state index contributed by atoms with van der Waals surface area (Å²) in [6.45, 7) is 1.64. The lowest BCUT2D eigenvalue weighted by atomic mass is 10.1. The molecule has 0 saturated carbocycles. The first-order valence-electron chi connectivity index (χ1n) is 4.17. The molecule has 0 aromatic heterocycles. The summed E-state index contributed by atoms with van der Waals surface area (Å²) in [6, 6.07) is 5.05. The van der Waals surface area contributed by atoms with Crippen molar-refractivity contribution in [2.24, 2.45) is 5.16 Å². The van der Waals surface area contributed by atoms with Crippen LogP contribution in [-0.4, -0.2) is 24.0 Å². The highest BCUT2D eigenvalue weighted by Crippen LogP contribution is 2.19. The number of methoxy groups -OCH3 is 1. The van der Waals surface area contributed by atoms with Crippen molar-refractivity contribution in [1.82, 2.24) is 0 Å². The smallest absolute Gasteiger partial charge is 0.339 e. The molecule has 0 aliphatic carbocycles. The molecule has 0 aliphatic heterocycles. The van der Waals surface area contributed by atoms with E-state index in [1.807, 2.05) is 0 Å². The van der Waals surface area contributed by atoms with E-state index in [1.54, 1.807) is 25.1 Å². The van der Waals surface area contributed by atoms with E-state index < -0.39 is 5.97 Å². The van der Waals surface area contributed by atoms with Gasteiger partial charge in [-0.2, -0.15) is 0 Å². The van der Waals surface area contributed by atoms with Gasteiger partial charge in [-0.1, -0.05) is 11.2 Å². The lowest BCUT2D eigenvalue weighted by Gasteiger charge is -2.05. The Labute approximate surface area is 95.7 Å². The number of oxime groups is 1. The van der Waals surface area contributed by atoms with Gasteiger partial charge < -0.3 is 9.94 Å². The van der Waals surface area contributed by atoms with E-state index in [-0.39, 0.29) is 0 Å². The molecule has 1 aromatic rings. The molecule has 0 radical (unpaired) electrons. The quantitative estimate of drug-likeness (QED) is 0.389. The summed E-state index contributed by atoms with van der Waals surface area (Å²) in [6.07, 6.45) is 0. The molecule has 1 rings (SSSR count). The van der Waals surface area contributed by atoms with Crippen molar-refractivity contribution in [3.8, 4) is 0 Å². The SMILES string of the molecule is COC(=O)c1cc(C(C)=NO)ccc1Br. The van der Waals surface area contributed by atoms with E-state index >= 15 is 0 Å². The third-order valence-electron chi connectivity index (χ3n) is 1.94. The van der Waals surface area contributed by atoms with Gasteiger partial charge in [0.25, 0.3) is 0 Å². The van der Waals surface area contributed by atoms with Gasteiger partial charge in [-0.3, -0.25) is 0 Å². The summed E-state index contributed by atoms with van der Waals surface area (Å²) in [4.78, 5) is 11.3. The topological polar surface area (TPSA) is 58.9 Å². The van der Waals surface area contributed by atoms with Crippen LogP contribution in [0.5, 0.6) is 0 Å². The number of halogens is 1. The van der Waals surface area contributed by atoms with Gasteiger partial charge in [0, 0.05) is 4.47 Å². The Bertz CT molecular complexity index is 415. The second-order valence-corrected chi connectivity index (χ2v) is 3.73. The van der Waals surface area contributed by atoms with Crippen molar-refractivity contribution in [2.45, 2.75) is 6.92 Å². The monoisotopic (exact) mass is 271 g/mol. The van der Waals surface area contributed by atoms with Gasteiger partial charge in [0.05, 0.1) is 18.4 Å². The summed E-state index contributed by atoms with van der Waals surface area (Å²) >= 11 is 3.24. The second-order valence-electron chi connectivity index (χ2n) is 2.87. The molecule has 4 nitrogen and oxygen atoms in total. The number of benzene rings is 1.